The second-order valence-electron chi connectivity index (χ2n) is 7.20. The zero-order valence-corrected chi connectivity index (χ0v) is 18.7. The van der Waals surface area contributed by atoms with Crippen molar-refractivity contribution in [3.05, 3.63) is 116 Å². The van der Waals surface area contributed by atoms with Crippen LogP contribution in [0.1, 0.15) is 16.7 Å². The Balaban J connectivity index is 1.80. The molecule has 0 amide bonds. The Hall–Kier alpha value is -3.85. The third-order valence-corrected chi connectivity index (χ3v) is 5.69. The number of hydrogen-bond donors (Lipinski definition) is 0. The van der Waals surface area contributed by atoms with Gasteiger partial charge in [0.25, 0.3) is 5.69 Å². The first-order valence-corrected chi connectivity index (χ1v) is 10.7. The van der Waals surface area contributed by atoms with Gasteiger partial charge in [-0.15, -0.1) is 0 Å². The van der Waals surface area contributed by atoms with Crippen LogP contribution < -0.4 is 4.74 Å². The Morgan fingerprint density at radius 1 is 1.03 bits per heavy atom. The summed E-state index contributed by atoms with van der Waals surface area (Å²) in [6.45, 7) is 0.202. The van der Waals surface area contributed by atoms with Crippen molar-refractivity contribution in [1.29, 1.82) is 5.26 Å². The van der Waals surface area contributed by atoms with Crippen LogP contribution in [0.25, 0.3) is 22.4 Å². The number of hydrogen-bond acceptors (Lipinski definition) is 4. The van der Waals surface area contributed by atoms with E-state index in [1.165, 1.54) is 12.1 Å². The second-order valence-corrected chi connectivity index (χ2v) is 8.04. The van der Waals surface area contributed by atoms with E-state index in [9.17, 15) is 15.4 Å². The molecule has 0 aliphatic rings. The molecule has 4 aromatic carbocycles. The van der Waals surface area contributed by atoms with Crippen LogP contribution in [0.5, 0.6) is 5.75 Å². The molecule has 0 aliphatic heterocycles. The number of ether oxygens (including phenoxy) is 1. The molecule has 0 atom stereocenters. The molecule has 5 nitrogen and oxygen atoms in total. The highest BCUT2D eigenvalue weighted by Gasteiger charge is 2.13. The van der Waals surface area contributed by atoms with Crippen molar-refractivity contribution < 1.29 is 9.66 Å². The normalized spacial score (nSPS) is 11.2. The van der Waals surface area contributed by atoms with Gasteiger partial charge in [-0.3, -0.25) is 10.1 Å². The summed E-state index contributed by atoms with van der Waals surface area (Å²) in [5.74, 6) is 0.554. The van der Waals surface area contributed by atoms with E-state index in [1.807, 2.05) is 36.4 Å². The lowest BCUT2D eigenvalue weighted by Crippen LogP contribution is -1.99. The third-order valence-electron chi connectivity index (χ3n) is 5.11. The van der Waals surface area contributed by atoms with Crippen molar-refractivity contribution in [3.63, 3.8) is 0 Å². The maximum atomic E-state index is 11.2. The van der Waals surface area contributed by atoms with Crippen molar-refractivity contribution in [2.45, 2.75) is 6.61 Å². The number of nitriles is 1. The molecule has 33 heavy (non-hydrogen) atoms. The Labute approximate surface area is 200 Å². The number of nitrogens with zero attached hydrogens (tertiary/aromatic N) is 2. The Bertz CT molecular complexity index is 1440. The molecule has 0 saturated heterocycles. The second kappa shape index (κ2) is 9.74. The number of allylic oxidation sites excluding steroid dienone is 1. The number of rotatable bonds is 6. The number of nitro groups is 1. The van der Waals surface area contributed by atoms with Crippen molar-refractivity contribution in [3.8, 4) is 11.8 Å². The summed E-state index contributed by atoms with van der Waals surface area (Å²) in [7, 11) is 0. The minimum Gasteiger partial charge on any atom is -0.488 e. The fraction of sp³-hybridized carbons (Fsp3) is 0.0385. The van der Waals surface area contributed by atoms with Crippen LogP contribution in [0.2, 0.25) is 10.0 Å². The topological polar surface area (TPSA) is 76.2 Å². The Morgan fingerprint density at radius 3 is 2.61 bits per heavy atom. The largest absolute Gasteiger partial charge is 0.488 e. The fourth-order valence-corrected chi connectivity index (χ4v) is 3.92. The molecule has 0 radical (unpaired) electrons. The molecule has 0 aromatic heterocycles. The highest BCUT2D eigenvalue weighted by molar-refractivity contribution is 6.35. The summed E-state index contributed by atoms with van der Waals surface area (Å²) in [6, 6.07) is 24.8. The van der Waals surface area contributed by atoms with E-state index in [4.69, 9.17) is 27.9 Å². The van der Waals surface area contributed by atoms with E-state index in [1.54, 1.807) is 36.4 Å². The Kier molecular flexibility index (Phi) is 6.60. The molecule has 0 unspecified atom stereocenters. The summed E-state index contributed by atoms with van der Waals surface area (Å²) in [5.41, 5.74) is 2.11. The van der Waals surface area contributed by atoms with Gasteiger partial charge >= 0.3 is 0 Å². The van der Waals surface area contributed by atoms with E-state index >= 15 is 0 Å². The zero-order chi connectivity index (χ0) is 23.4. The minimum atomic E-state index is -0.485. The van der Waals surface area contributed by atoms with E-state index in [0.29, 0.717) is 26.9 Å². The van der Waals surface area contributed by atoms with Gasteiger partial charge in [-0.2, -0.15) is 5.26 Å². The van der Waals surface area contributed by atoms with Crippen LogP contribution in [-0.4, -0.2) is 4.92 Å². The van der Waals surface area contributed by atoms with Crippen molar-refractivity contribution in [2.24, 2.45) is 0 Å². The molecule has 0 fully saturated rings. The first-order valence-electron chi connectivity index (χ1n) is 9.91. The van der Waals surface area contributed by atoms with E-state index < -0.39 is 4.92 Å². The number of benzene rings is 4. The number of halogens is 2. The molecule has 7 heteroatoms. The summed E-state index contributed by atoms with van der Waals surface area (Å²) in [5, 5.41) is 23.9. The predicted molar refractivity (Wildman–Crippen MR) is 131 cm³/mol. The van der Waals surface area contributed by atoms with Gasteiger partial charge in [-0.25, -0.2) is 0 Å². The first kappa shape index (κ1) is 22.3. The SMILES string of the molecule is N#C/C(=C/c1c(OCc2ccc(Cl)cc2Cl)ccc2ccccc12)c1cccc([N+](=O)[O-])c1. The van der Waals surface area contributed by atoms with Gasteiger partial charge in [0.15, 0.2) is 0 Å². The monoisotopic (exact) mass is 474 g/mol. The van der Waals surface area contributed by atoms with Crippen molar-refractivity contribution in [1.82, 2.24) is 0 Å². The summed E-state index contributed by atoms with van der Waals surface area (Å²) in [4.78, 5) is 10.7. The highest BCUT2D eigenvalue weighted by Crippen LogP contribution is 2.33. The fourth-order valence-electron chi connectivity index (χ4n) is 3.46. The molecule has 0 aliphatic carbocycles. The summed E-state index contributed by atoms with van der Waals surface area (Å²) in [6.07, 6.45) is 1.69. The van der Waals surface area contributed by atoms with Gasteiger partial charge in [-0.1, -0.05) is 71.7 Å². The molecule has 4 rings (SSSR count). The maximum absolute atomic E-state index is 11.2. The zero-order valence-electron chi connectivity index (χ0n) is 17.2. The maximum Gasteiger partial charge on any atom is 0.270 e. The van der Waals surface area contributed by atoms with Crippen LogP contribution in [-0.2, 0) is 6.61 Å². The van der Waals surface area contributed by atoms with Crippen molar-refractivity contribution >= 4 is 51.3 Å². The smallest absolute Gasteiger partial charge is 0.270 e. The number of non-ortho nitro benzene ring substituents is 1. The molecule has 0 bridgehead atoms. The van der Waals surface area contributed by atoms with Gasteiger partial charge in [-0.05, 0) is 40.6 Å². The lowest BCUT2D eigenvalue weighted by Gasteiger charge is -2.14. The molecule has 0 heterocycles. The van der Waals surface area contributed by atoms with Crippen LogP contribution in [0.4, 0.5) is 5.69 Å². The van der Waals surface area contributed by atoms with Crippen LogP contribution in [0.15, 0.2) is 78.9 Å². The van der Waals surface area contributed by atoms with Gasteiger partial charge in [0, 0.05) is 33.3 Å². The predicted octanol–water partition coefficient (Wildman–Crippen LogP) is 7.70. The molecule has 162 valence electrons. The first-order chi connectivity index (χ1) is 16.0. The van der Waals surface area contributed by atoms with Crippen LogP contribution in [0.3, 0.4) is 0 Å². The standard InChI is InChI=1S/C26H16Cl2N2O3/c27-21-10-8-19(25(28)14-21)16-33-26-11-9-17-4-1-2-7-23(17)24(26)13-20(15-29)18-5-3-6-22(12-18)30(31)32/h1-14H,16H2/b20-13-. The van der Waals surface area contributed by atoms with E-state index in [0.717, 1.165) is 16.3 Å². The van der Waals surface area contributed by atoms with Gasteiger partial charge in [0.2, 0.25) is 0 Å². The average Bonchev–Trinajstić information content (AvgIpc) is 2.82. The van der Waals surface area contributed by atoms with Gasteiger partial charge < -0.3 is 4.74 Å². The molecular weight excluding hydrogens is 459 g/mol. The summed E-state index contributed by atoms with van der Waals surface area (Å²) >= 11 is 12.3. The summed E-state index contributed by atoms with van der Waals surface area (Å²) < 4.78 is 6.11. The molecular formula is C26H16Cl2N2O3. The number of fused-ring (bicyclic) bond motifs is 1. The van der Waals surface area contributed by atoms with Gasteiger partial charge in [0.05, 0.1) is 16.6 Å². The van der Waals surface area contributed by atoms with E-state index in [2.05, 4.69) is 6.07 Å². The van der Waals surface area contributed by atoms with Crippen LogP contribution in [0, 0.1) is 21.4 Å². The number of nitro benzene ring substituents is 1. The molecule has 0 N–H and O–H groups in total. The lowest BCUT2D eigenvalue weighted by atomic mass is 9.98. The third kappa shape index (κ3) is 4.98. The molecule has 0 spiro atoms. The quantitative estimate of drug-likeness (QED) is 0.124. The van der Waals surface area contributed by atoms with Gasteiger partial charge in [0.1, 0.15) is 12.4 Å². The van der Waals surface area contributed by atoms with Crippen molar-refractivity contribution in [2.75, 3.05) is 0 Å². The Morgan fingerprint density at radius 2 is 1.85 bits per heavy atom. The van der Waals surface area contributed by atoms with Crippen LogP contribution >= 0.6 is 23.2 Å². The average molecular weight is 475 g/mol. The van der Waals surface area contributed by atoms with E-state index in [-0.39, 0.29) is 17.9 Å². The highest BCUT2D eigenvalue weighted by atomic mass is 35.5. The lowest BCUT2D eigenvalue weighted by molar-refractivity contribution is -0.384. The molecule has 4 aromatic rings. The minimum absolute atomic E-state index is 0.0829. The molecule has 0 saturated carbocycles.